The summed E-state index contributed by atoms with van der Waals surface area (Å²) in [5.74, 6) is -0.163. The molecule has 4 aromatic heterocycles. The summed E-state index contributed by atoms with van der Waals surface area (Å²) in [6.45, 7) is 2.37. The van der Waals surface area contributed by atoms with E-state index in [1.54, 1.807) is 22.1 Å². The first-order chi connectivity index (χ1) is 16.1. The minimum atomic E-state index is -0.465. The molecule has 0 saturated heterocycles. The summed E-state index contributed by atoms with van der Waals surface area (Å²) in [4.78, 5) is 27.6. The largest absolute Gasteiger partial charge is 0.412 e. The van der Waals surface area contributed by atoms with Crippen LogP contribution >= 0.6 is 0 Å². The number of rotatable bonds is 3. The number of nitrogens with zero attached hydrogens (tertiary/aromatic N) is 7. The normalized spacial score (nSPS) is 15.7. The van der Waals surface area contributed by atoms with E-state index in [1.807, 2.05) is 50.5 Å². The molecule has 1 amide bonds. The van der Waals surface area contributed by atoms with E-state index in [9.17, 15) is 4.79 Å². The number of hydrogen-bond acceptors (Lipinski definition) is 7. The summed E-state index contributed by atoms with van der Waals surface area (Å²) in [5.41, 5.74) is 4.08. The van der Waals surface area contributed by atoms with E-state index < -0.39 is 6.04 Å². The van der Waals surface area contributed by atoms with Gasteiger partial charge in [0.15, 0.2) is 0 Å². The van der Waals surface area contributed by atoms with Crippen LogP contribution in [0.1, 0.15) is 39.5 Å². The van der Waals surface area contributed by atoms with E-state index in [-0.39, 0.29) is 17.7 Å². The Balaban J connectivity index is 1.40. The summed E-state index contributed by atoms with van der Waals surface area (Å²) >= 11 is 0. The first-order valence-corrected chi connectivity index (χ1v) is 10.6. The fraction of sp³-hybridized carbons (Fsp3) is 0.217. The van der Waals surface area contributed by atoms with Crippen LogP contribution in [0.3, 0.4) is 0 Å². The number of aromatic nitrogens is 7. The second-order valence-electron chi connectivity index (χ2n) is 8.05. The average molecular weight is 440 g/mol. The van der Waals surface area contributed by atoms with E-state index in [2.05, 4.69) is 30.2 Å². The monoisotopic (exact) mass is 440 g/mol. The Kier molecular flexibility index (Phi) is 4.32. The lowest BCUT2D eigenvalue weighted by molar-refractivity contribution is 0.0647. The number of fused-ring (bicyclic) bond motifs is 2. The van der Waals surface area contributed by atoms with E-state index in [0.29, 0.717) is 18.5 Å². The topological polar surface area (TPSA) is 119 Å². The van der Waals surface area contributed by atoms with Crippen LogP contribution in [0.25, 0.3) is 22.2 Å². The van der Waals surface area contributed by atoms with Crippen LogP contribution in [-0.2, 0) is 13.5 Å². The number of pyridine rings is 1. The predicted octanol–water partition coefficient (Wildman–Crippen LogP) is 2.84. The molecule has 1 aliphatic heterocycles. The third-order valence-electron chi connectivity index (χ3n) is 6.19. The molecule has 0 unspecified atom stereocenters. The standard InChI is InChI=1S/C23H20N8O2/c1-13-16(11-27-30(13)2)21-28-29-22(33-21)23(32)31-8-7-17-19(26-12-25-17)20(31)18-9-14-5-3-4-6-15(14)10-24-18/h3-6,9-12,20H,7-8H2,1-2H3,(H,25,26)/t20-/m1/s1. The van der Waals surface area contributed by atoms with Gasteiger partial charge in [-0.2, -0.15) is 5.10 Å². The van der Waals surface area contributed by atoms with Crippen molar-refractivity contribution >= 4 is 16.7 Å². The van der Waals surface area contributed by atoms with Crippen molar-refractivity contribution in [2.75, 3.05) is 6.54 Å². The average Bonchev–Trinajstić information content (AvgIpc) is 3.58. The van der Waals surface area contributed by atoms with Gasteiger partial charge in [0.05, 0.1) is 29.5 Å². The molecule has 1 aromatic carbocycles. The summed E-state index contributed by atoms with van der Waals surface area (Å²) in [7, 11) is 1.83. The van der Waals surface area contributed by atoms with Crippen LogP contribution in [0.5, 0.6) is 0 Å². The molecule has 164 valence electrons. The van der Waals surface area contributed by atoms with Crippen molar-refractivity contribution in [1.29, 1.82) is 0 Å². The number of benzene rings is 1. The lowest BCUT2D eigenvalue weighted by Gasteiger charge is -2.33. The highest BCUT2D eigenvalue weighted by molar-refractivity contribution is 5.91. The molecule has 0 radical (unpaired) electrons. The fourth-order valence-electron chi connectivity index (χ4n) is 4.30. The third-order valence-corrected chi connectivity index (χ3v) is 6.19. The smallest absolute Gasteiger partial charge is 0.312 e. The quantitative estimate of drug-likeness (QED) is 0.458. The van der Waals surface area contributed by atoms with Gasteiger partial charge in [-0.3, -0.25) is 14.5 Å². The number of hydrogen-bond donors (Lipinski definition) is 1. The van der Waals surface area contributed by atoms with E-state index in [4.69, 9.17) is 4.42 Å². The minimum Gasteiger partial charge on any atom is -0.412 e. The van der Waals surface area contributed by atoms with E-state index in [1.165, 1.54) is 0 Å². The number of carbonyl (C=O) groups is 1. The number of H-pyrrole nitrogens is 1. The lowest BCUT2D eigenvalue weighted by Crippen LogP contribution is -2.41. The first-order valence-electron chi connectivity index (χ1n) is 10.6. The zero-order valence-corrected chi connectivity index (χ0v) is 18.1. The maximum absolute atomic E-state index is 13.6. The Morgan fingerprint density at radius 2 is 2.00 bits per heavy atom. The van der Waals surface area contributed by atoms with Crippen LogP contribution in [-0.4, -0.2) is 52.3 Å². The first kappa shape index (κ1) is 19.4. The van der Waals surface area contributed by atoms with Gasteiger partial charge in [-0.05, 0) is 18.4 Å². The van der Waals surface area contributed by atoms with Gasteiger partial charge < -0.3 is 14.3 Å². The van der Waals surface area contributed by atoms with Crippen molar-refractivity contribution < 1.29 is 9.21 Å². The van der Waals surface area contributed by atoms with E-state index in [0.717, 1.165) is 33.5 Å². The molecule has 10 heteroatoms. The molecule has 10 nitrogen and oxygen atoms in total. The lowest BCUT2D eigenvalue weighted by atomic mass is 9.98. The molecule has 5 heterocycles. The number of imidazole rings is 1. The van der Waals surface area contributed by atoms with Gasteiger partial charge in [0.1, 0.15) is 6.04 Å². The molecular weight excluding hydrogens is 420 g/mol. The summed E-state index contributed by atoms with van der Waals surface area (Å²) in [5, 5.41) is 14.4. The van der Waals surface area contributed by atoms with Crippen molar-refractivity contribution in [3.05, 3.63) is 77.7 Å². The Hall–Kier alpha value is -4.34. The maximum atomic E-state index is 13.6. The molecular formula is C23H20N8O2. The zero-order valence-electron chi connectivity index (χ0n) is 18.1. The van der Waals surface area contributed by atoms with E-state index >= 15 is 0 Å². The second-order valence-corrected chi connectivity index (χ2v) is 8.05. The van der Waals surface area contributed by atoms with Crippen molar-refractivity contribution in [2.24, 2.45) is 7.05 Å². The van der Waals surface area contributed by atoms with Gasteiger partial charge in [0.2, 0.25) is 0 Å². The molecule has 1 aliphatic rings. The Bertz CT molecular complexity index is 1500. The molecule has 0 bridgehead atoms. The van der Waals surface area contributed by atoms with Crippen molar-refractivity contribution in [3.8, 4) is 11.5 Å². The Morgan fingerprint density at radius 1 is 1.15 bits per heavy atom. The van der Waals surface area contributed by atoms with Gasteiger partial charge in [-0.25, -0.2) is 4.98 Å². The Morgan fingerprint density at radius 3 is 2.82 bits per heavy atom. The highest BCUT2D eigenvalue weighted by atomic mass is 16.4. The highest BCUT2D eigenvalue weighted by Gasteiger charge is 2.37. The number of aryl methyl sites for hydroxylation is 1. The molecule has 1 N–H and O–H groups in total. The fourth-order valence-corrected chi connectivity index (χ4v) is 4.30. The van der Waals surface area contributed by atoms with Gasteiger partial charge in [0.25, 0.3) is 5.89 Å². The van der Waals surface area contributed by atoms with Crippen LogP contribution in [0.4, 0.5) is 0 Å². The maximum Gasteiger partial charge on any atom is 0.312 e. The van der Waals surface area contributed by atoms with Crippen LogP contribution < -0.4 is 0 Å². The Labute approximate surface area is 188 Å². The number of amides is 1. The molecule has 33 heavy (non-hydrogen) atoms. The number of nitrogens with one attached hydrogen (secondary N) is 1. The molecule has 0 spiro atoms. The van der Waals surface area contributed by atoms with Gasteiger partial charge in [0, 0.05) is 43.0 Å². The van der Waals surface area contributed by atoms with Crippen molar-refractivity contribution in [1.82, 2.24) is 39.8 Å². The summed E-state index contributed by atoms with van der Waals surface area (Å²) in [6.07, 6.45) is 5.77. The van der Waals surface area contributed by atoms with Crippen molar-refractivity contribution in [2.45, 2.75) is 19.4 Å². The van der Waals surface area contributed by atoms with Crippen LogP contribution in [0.2, 0.25) is 0 Å². The highest BCUT2D eigenvalue weighted by Crippen LogP contribution is 2.34. The van der Waals surface area contributed by atoms with Crippen molar-refractivity contribution in [3.63, 3.8) is 0 Å². The van der Waals surface area contributed by atoms with Gasteiger partial charge in [-0.15, -0.1) is 10.2 Å². The molecule has 0 aliphatic carbocycles. The van der Waals surface area contributed by atoms with Gasteiger partial charge >= 0.3 is 11.8 Å². The molecule has 0 fully saturated rings. The predicted molar refractivity (Wildman–Crippen MR) is 118 cm³/mol. The third kappa shape index (κ3) is 3.10. The molecule has 6 rings (SSSR count). The molecule has 0 saturated carbocycles. The minimum absolute atomic E-state index is 0.0713. The molecule has 5 aromatic rings. The van der Waals surface area contributed by atoms with Gasteiger partial charge in [-0.1, -0.05) is 24.3 Å². The number of aromatic amines is 1. The SMILES string of the molecule is Cc1c(-c2nnc(C(=O)N3CCc4[nH]cnc4[C@H]3c3cc4ccccc4cn3)o2)cnn1C. The zero-order chi connectivity index (χ0) is 22.5. The van der Waals surface area contributed by atoms with Crippen LogP contribution in [0.15, 0.2) is 53.5 Å². The summed E-state index contributed by atoms with van der Waals surface area (Å²) < 4.78 is 7.50. The second kappa shape index (κ2) is 7.37. The summed E-state index contributed by atoms with van der Waals surface area (Å²) in [6, 6.07) is 9.53. The molecule has 1 atom stereocenters. The number of carbonyl (C=O) groups excluding carboxylic acids is 1. The van der Waals surface area contributed by atoms with Crippen LogP contribution in [0, 0.1) is 6.92 Å².